The van der Waals surface area contributed by atoms with Gasteiger partial charge < -0.3 is 34.3 Å². The van der Waals surface area contributed by atoms with Crippen LogP contribution >= 0.6 is 0 Å². The van der Waals surface area contributed by atoms with Gasteiger partial charge in [0.2, 0.25) is 6.29 Å². The monoisotopic (exact) mass is 338 g/mol. The molecule has 4 N–H and O–H groups in total. The van der Waals surface area contributed by atoms with Gasteiger partial charge in [-0.2, -0.15) is 0 Å². The maximum Gasteiger partial charge on any atom is 0.336 e. The van der Waals surface area contributed by atoms with E-state index in [9.17, 15) is 20.1 Å². The number of ether oxygens (including phenoxy) is 2. The maximum atomic E-state index is 11.5. The molecular formula is C16H18O8. The highest BCUT2D eigenvalue weighted by Gasteiger charge is 2.44. The fourth-order valence-electron chi connectivity index (χ4n) is 2.68. The number of aliphatic hydroxyl groups excluding tert-OH is 4. The first-order valence-corrected chi connectivity index (χ1v) is 7.42. The molecule has 1 aliphatic rings. The second-order valence-corrected chi connectivity index (χ2v) is 5.72. The zero-order chi connectivity index (χ0) is 17.4. The van der Waals surface area contributed by atoms with E-state index in [1.807, 2.05) is 0 Å². The molecule has 1 aromatic carbocycles. The molecule has 3 rings (SSSR count). The van der Waals surface area contributed by atoms with Crippen molar-refractivity contribution in [1.29, 1.82) is 0 Å². The lowest BCUT2D eigenvalue weighted by molar-refractivity contribution is -0.277. The van der Waals surface area contributed by atoms with E-state index in [1.54, 1.807) is 19.1 Å². The number of benzene rings is 1. The molecule has 0 saturated carbocycles. The van der Waals surface area contributed by atoms with E-state index in [0.29, 0.717) is 5.58 Å². The van der Waals surface area contributed by atoms with Crippen molar-refractivity contribution < 1.29 is 34.3 Å². The molecule has 1 unspecified atom stereocenters. The third-order valence-corrected chi connectivity index (χ3v) is 4.02. The van der Waals surface area contributed by atoms with Crippen LogP contribution < -0.4 is 10.4 Å². The minimum atomic E-state index is -1.53. The van der Waals surface area contributed by atoms with Gasteiger partial charge >= 0.3 is 5.63 Å². The molecule has 8 nitrogen and oxygen atoms in total. The van der Waals surface area contributed by atoms with Crippen LogP contribution in [0.3, 0.4) is 0 Å². The van der Waals surface area contributed by atoms with E-state index in [4.69, 9.17) is 19.0 Å². The number of hydrogen-bond acceptors (Lipinski definition) is 8. The molecule has 0 amide bonds. The highest BCUT2D eigenvalue weighted by molar-refractivity contribution is 5.81. The number of rotatable bonds is 3. The lowest BCUT2D eigenvalue weighted by atomic mass is 9.99. The maximum absolute atomic E-state index is 11.5. The van der Waals surface area contributed by atoms with Crippen LogP contribution in [0.1, 0.15) is 5.56 Å². The summed E-state index contributed by atoms with van der Waals surface area (Å²) in [5, 5.41) is 39.4. The summed E-state index contributed by atoms with van der Waals surface area (Å²) in [6.07, 6.45) is -6.85. The van der Waals surface area contributed by atoms with Crippen molar-refractivity contribution >= 4 is 11.0 Å². The first kappa shape index (κ1) is 16.9. The van der Waals surface area contributed by atoms with E-state index >= 15 is 0 Å². The van der Waals surface area contributed by atoms with Crippen LogP contribution in [0.15, 0.2) is 33.5 Å². The Balaban J connectivity index is 1.87. The van der Waals surface area contributed by atoms with Gasteiger partial charge in [0.1, 0.15) is 35.7 Å². The third-order valence-electron chi connectivity index (χ3n) is 4.02. The SMILES string of the molecule is Cc1cc(=O)oc2cc(O[C@@H]3OC(CO)[C@@H](O)[C@H](O)[C@@H]3O)ccc12. The lowest BCUT2D eigenvalue weighted by Crippen LogP contribution is -2.60. The number of hydrogen-bond donors (Lipinski definition) is 4. The molecule has 130 valence electrons. The van der Waals surface area contributed by atoms with Crippen molar-refractivity contribution in [2.24, 2.45) is 0 Å². The average molecular weight is 338 g/mol. The van der Waals surface area contributed by atoms with Crippen LogP contribution in [0.25, 0.3) is 11.0 Å². The predicted octanol–water partition coefficient (Wildman–Crippen LogP) is -0.720. The second kappa shape index (κ2) is 6.50. The van der Waals surface area contributed by atoms with E-state index < -0.39 is 42.9 Å². The van der Waals surface area contributed by atoms with E-state index in [-0.39, 0.29) is 5.75 Å². The molecule has 0 aliphatic carbocycles. The quantitative estimate of drug-likeness (QED) is 0.540. The molecule has 0 radical (unpaired) electrons. The average Bonchev–Trinajstić information content (AvgIpc) is 2.55. The van der Waals surface area contributed by atoms with Gasteiger partial charge in [-0.05, 0) is 24.6 Å². The third kappa shape index (κ3) is 3.02. The number of aryl methyl sites for hydroxylation is 1. The zero-order valence-electron chi connectivity index (χ0n) is 12.8. The molecule has 2 aromatic rings. The molecule has 1 aromatic heterocycles. The van der Waals surface area contributed by atoms with Crippen LogP contribution in [0, 0.1) is 6.92 Å². The summed E-state index contributed by atoms with van der Waals surface area (Å²) in [5.41, 5.74) is 0.563. The molecule has 8 heteroatoms. The lowest BCUT2D eigenvalue weighted by Gasteiger charge is -2.39. The van der Waals surface area contributed by atoms with E-state index in [2.05, 4.69) is 0 Å². The van der Waals surface area contributed by atoms with Gasteiger partial charge in [-0.15, -0.1) is 0 Å². The smallest absolute Gasteiger partial charge is 0.336 e. The van der Waals surface area contributed by atoms with Crippen LogP contribution in [-0.2, 0) is 4.74 Å². The standard InChI is InChI=1S/C16H18O8/c1-7-4-12(18)23-10-5-8(2-3-9(7)10)22-16-15(21)14(20)13(19)11(6-17)24-16/h2-5,11,13-17,19-21H,6H2,1H3/t11?,13-,14+,15+,16-/m1/s1. The molecule has 24 heavy (non-hydrogen) atoms. The molecule has 1 saturated heterocycles. The highest BCUT2D eigenvalue weighted by Crippen LogP contribution is 2.27. The number of aliphatic hydroxyl groups is 4. The molecular weight excluding hydrogens is 320 g/mol. The summed E-state index contributed by atoms with van der Waals surface area (Å²) in [5.74, 6) is 0.237. The van der Waals surface area contributed by atoms with Gasteiger partial charge in [-0.3, -0.25) is 0 Å². The number of fused-ring (bicyclic) bond motifs is 1. The summed E-state index contributed by atoms with van der Waals surface area (Å²) in [4.78, 5) is 11.5. The molecule has 1 fully saturated rings. The van der Waals surface area contributed by atoms with E-state index in [1.165, 1.54) is 12.1 Å². The van der Waals surface area contributed by atoms with Crippen molar-refractivity contribution in [3.8, 4) is 5.75 Å². The van der Waals surface area contributed by atoms with Gasteiger partial charge in [0.05, 0.1) is 6.61 Å². The Morgan fingerprint density at radius 1 is 1.12 bits per heavy atom. The van der Waals surface area contributed by atoms with Gasteiger partial charge in [0.25, 0.3) is 0 Å². The molecule has 0 spiro atoms. The Bertz CT molecular complexity index is 783. The summed E-state index contributed by atoms with van der Waals surface area (Å²) < 4.78 is 15.9. The first-order valence-electron chi connectivity index (χ1n) is 7.42. The van der Waals surface area contributed by atoms with Crippen molar-refractivity contribution in [2.75, 3.05) is 6.61 Å². The van der Waals surface area contributed by atoms with E-state index in [0.717, 1.165) is 10.9 Å². The Labute approximate surface area is 136 Å². The normalized spacial score (nSPS) is 30.5. The van der Waals surface area contributed by atoms with Gasteiger partial charge in [-0.1, -0.05) is 0 Å². The van der Waals surface area contributed by atoms with Crippen LogP contribution in [0.4, 0.5) is 0 Å². The summed E-state index contributed by atoms with van der Waals surface area (Å²) in [6, 6.07) is 6.12. The summed E-state index contributed by atoms with van der Waals surface area (Å²) in [6.45, 7) is 1.23. The second-order valence-electron chi connectivity index (χ2n) is 5.72. The Morgan fingerprint density at radius 3 is 2.58 bits per heavy atom. The fourth-order valence-corrected chi connectivity index (χ4v) is 2.68. The van der Waals surface area contributed by atoms with Crippen molar-refractivity contribution in [3.05, 3.63) is 40.2 Å². The van der Waals surface area contributed by atoms with Gasteiger partial charge in [-0.25, -0.2) is 4.79 Å². The van der Waals surface area contributed by atoms with Crippen LogP contribution in [0.2, 0.25) is 0 Å². The molecule has 1 aliphatic heterocycles. The molecule has 0 bridgehead atoms. The van der Waals surface area contributed by atoms with Gasteiger partial charge in [0, 0.05) is 17.5 Å². The Kier molecular flexibility index (Phi) is 4.57. The Hall–Kier alpha value is -1.97. The topological polar surface area (TPSA) is 130 Å². The molecule has 5 atom stereocenters. The van der Waals surface area contributed by atoms with Crippen molar-refractivity contribution in [1.82, 2.24) is 0 Å². The van der Waals surface area contributed by atoms with Crippen molar-refractivity contribution in [2.45, 2.75) is 37.6 Å². The minimum Gasteiger partial charge on any atom is -0.462 e. The minimum absolute atomic E-state index is 0.237. The van der Waals surface area contributed by atoms with Crippen LogP contribution in [0.5, 0.6) is 5.75 Å². The predicted molar refractivity (Wildman–Crippen MR) is 81.6 cm³/mol. The highest BCUT2D eigenvalue weighted by atomic mass is 16.7. The van der Waals surface area contributed by atoms with Gasteiger partial charge in [0.15, 0.2) is 0 Å². The zero-order valence-corrected chi connectivity index (χ0v) is 12.8. The molecule has 2 heterocycles. The summed E-state index contributed by atoms with van der Waals surface area (Å²) in [7, 11) is 0. The summed E-state index contributed by atoms with van der Waals surface area (Å²) >= 11 is 0. The fraction of sp³-hybridized carbons (Fsp3) is 0.438. The van der Waals surface area contributed by atoms with Crippen LogP contribution in [-0.4, -0.2) is 57.7 Å². The first-order chi connectivity index (χ1) is 11.4. The largest absolute Gasteiger partial charge is 0.462 e. The Morgan fingerprint density at radius 2 is 1.88 bits per heavy atom. The van der Waals surface area contributed by atoms with Crippen molar-refractivity contribution in [3.63, 3.8) is 0 Å².